The molecule has 0 radical (unpaired) electrons. The highest BCUT2D eigenvalue weighted by Crippen LogP contribution is 2.31. The van der Waals surface area contributed by atoms with E-state index in [0.717, 1.165) is 22.9 Å². The lowest BCUT2D eigenvalue weighted by atomic mass is 10.2. The molecule has 0 bridgehead atoms. The van der Waals surface area contributed by atoms with Crippen molar-refractivity contribution < 1.29 is 9.59 Å². The number of nitrogens with one attached hydrogen (secondary N) is 2. The molecule has 1 aliphatic carbocycles. The van der Waals surface area contributed by atoms with E-state index in [1.165, 1.54) is 12.8 Å². The highest BCUT2D eigenvalue weighted by atomic mass is 32.2. The molecule has 100 valence electrons. The zero-order chi connectivity index (χ0) is 13.2. The van der Waals surface area contributed by atoms with Gasteiger partial charge in [0.15, 0.2) is 0 Å². The van der Waals surface area contributed by atoms with E-state index in [1.807, 2.05) is 12.1 Å². The Hall–Kier alpha value is -1.49. The van der Waals surface area contributed by atoms with E-state index < -0.39 is 0 Å². The van der Waals surface area contributed by atoms with E-state index >= 15 is 0 Å². The summed E-state index contributed by atoms with van der Waals surface area (Å²) in [6.07, 6.45) is 2.96. The molecule has 19 heavy (non-hydrogen) atoms. The summed E-state index contributed by atoms with van der Waals surface area (Å²) in [5, 5.41) is 5.79. The molecule has 0 unspecified atom stereocenters. The molecule has 2 N–H and O–H groups in total. The van der Waals surface area contributed by atoms with Crippen molar-refractivity contribution >= 4 is 29.3 Å². The van der Waals surface area contributed by atoms with E-state index in [2.05, 4.69) is 10.6 Å². The van der Waals surface area contributed by atoms with Gasteiger partial charge in [0.1, 0.15) is 0 Å². The Kier molecular flexibility index (Phi) is 3.46. The number of hydrogen-bond acceptors (Lipinski definition) is 3. The maximum Gasteiger partial charge on any atom is 0.251 e. The van der Waals surface area contributed by atoms with E-state index in [9.17, 15) is 9.59 Å². The zero-order valence-corrected chi connectivity index (χ0v) is 11.4. The van der Waals surface area contributed by atoms with Gasteiger partial charge in [0.05, 0.1) is 5.69 Å². The summed E-state index contributed by atoms with van der Waals surface area (Å²) < 4.78 is 0. The lowest BCUT2D eigenvalue weighted by Crippen LogP contribution is -2.25. The molecule has 1 aliphatic heterocycles. The molecule has 5 heteroatoms. The molecule has 0 spiro atoms. The number of rotatable bonds is 3. The number of thioether (sulfide) groups is 1. The summed E-state index contributed by atoms with van der Waals surface area (Å²) in [4.78, 5) is 24.6. The maximum atomic E-state index is 12.0. The van der Waals surface area contributed by atoms with Crippen LogP contribution in [0.1, 0.15) is 29.6 Å². The fourth-order valence-corrected chi connectivity index (χ4v) is 2.96. The number of carbonyl (C=O) groups excluding carboxylic acids is 2. The smallest absolute Gasteiger partial charge is 0.251 e. The van der Waals surface area contributed by atoms with Gasteiger partial charge in [-0.25, -0.2) is 0 Å². The number of hydrogen-bond donors (Lipinski definition) is 2. The highest BCUT2D eigenvalue weighted by molar-refractivity contribution is 7.99. The first-order valence-electron chi connectivity index (χ1n) is 6.57. The Morgan fingerprint density at radius 3 is 3.05 bits per heavy atom. The summed E-state index contributed by atoms with van der Waals surface area (Å²) in [6, 6.07) is 5.51. The monoisotopic (exact) mass is 276 g/mol. The second kappa shape index (κ2) is 5.25. The summed E-state index contributed by atoms with van der Waals surface area (Å²) in [5.41, 5.74) is 1.37. The minimum Gasteiger partial charge on any atom is -0.352 e. The molecule has 0 aromatic heterocycles. The molecule has 2 amide bonds. The van der Waals surface area contributed by atoms with Crippen molar-refractivity contribution in [2.24, 2.45) is 5.92 Å². The van der Waals surface area contributed by atoms with Crippen LogP contribution in [-0.2, 0) is 4.79 Å². The molecule has 0 saturated heterocycles. The third kappa shape index (κ3) is 3.10. The summed E-state index contributed by atoms with van der Waals surface area (Å²) in [7, 11) is 0. The standard InChI is InChI=1S/C14H16N2O2S/c17-13-5-6-19-12-4-3-10(7-11(12)16-13)14(18)15-8-9-1-2-9/h3-4,7,9H,1-2,5-6,8H2,(H,15,18)(H,16,17). The van der Waals surface area contributed by atoms with E-state index in [-0.39, 0.29) is 11.8 Å². The zero-order valence-electron chi connectivity index (χ0n) is 10.6. The predicted molar refractivity (Wildman–Crippen MR) is 75.5 cm³/mol. The van der Waals surface area contributed by atoms with Crippen molar-refractivity contribution in [3.05, 3.63) is 23.8 Å². The quantitative estimate of drug-likeness (QED) is 0.890. The molecular formula is C14H16N2O2S. The first kappa shape index (κ1) is 12.5. The van der Waals surface area contributed by atoms with Crippen LogP contribution in [0.15, 0.2) is 23.1 Å². The first-order valence-corrected chi connectivity index (χ1v) is 7.56. The van der Waals surface area contributed by atoms with Gasteiger partial charge in [-0.05, 0) is 37.0 Å². The lowest BCUT2D eigenvalue weighted by Gasteiger charge is -2.09. The van der Waals surface area contributed by atoms with Gasteiger partial charge in [0, 0.05) is 29.2 Å². The first-order chi connectivity index (χ1) is 9.22. The molecule has 3 rings (SSSR count). The molecule has 1 fully saturated rings. The normalized spacial score (nSPS) is 18.2. The number of amides is 2. The van der Waals surface area contributed by atoms with Gasteiger partial charge >= 0.3 is 0 Å². The number of anilines is 1. The molecule has 1 heterocycles. The molecule has 0 atom stereocenters. The molecule has 1 aromatic rings. The molecule has 1 aromatic carbocycles. The van der Waals surface area contributed by atoms with Crippen LogP contribution in [0.5, 0.6) is 0 Å². The summed E-state index contributed by atoms with van der Waals surface area (Å²) in [5.74, 6) is 1.41. The van der Waals surface area contributed by atoms with Gasteiger partial charge in [0.25, 0.3) is 5.91 Å². The topological polar surface area (TPSA) is 58.2 Å². The van der Waals surface area contributed by atoms with Crippen molar-refractivity contribution in [3.63, 3.8) is 0 Å². The lowest BCUT2D eigenvalue weighted by molar-refractivity contribution is -0.115. The second-order valence-corrected chi connectivity index (χ2v) is 6.15. The van der Waals surface area contributed by atoms with Crippen molar-refractivity contribution in [2.75, 3.05) is 17.6 Å². The van der Waals surface area contributed by atoms with Crippen molar-refractivity contribution in [1.82, 2.24) is 5.32 Å². The van der Waals surface area contributed by atoms with Gasteiger partial charge < -0.3 is 10.6 Å². The van der Waals surface area contributed by atoms with E-state index in [0.29, 0.717) is 17.9 Å². The van der Waals surface area contributed by atoms with Gasteiger partial charge in [-0.2, -0.15) is 0 Å². The van der Waals surface area contributed by atoms with E-state index in [4.69, 9.17) is 0 Å². The molecular weight excluding hydrogens is 260 g/mol. The van der Waals surface area contributed by atoms with E-state index in [1.54, 1.807) is 17.8 Å². The third-order valence-electron chi connectivity index (χ3n) is 3.35. The fraction of sp³-hybridized carbons (Fsp3) is 0.429. The Bertz CT molecular complexity index is 526. The van der Waals surface area contributed by atoms with Gasteiger partial charge in [-0.1, -0.05) is 0 Å². The molecule has 1 saturated carbocycles. The minimum atomic E-state index is -0.0572. The second-order valence-electron chi connectivity index (χ2n) is 5.01. The van der Waals surface area contributed by atoms with Crippen molar-refractivity contribution in [2.45, 2.75) is 24.2 Å². The van der Waals surface area contributed by atoms with Gasteiger partial charge in [-0.15, -0.1) is 11.8 Å². The van der Waals surface area contributed by atoms with Crippen molar-refractivity contribution in [1.29, 1.82) is 0 Å². The van der Waals surface area contributed by atoms with Crippen LogP contribution >= 0.6 is 11.8 Å². The van der Waals surface area contributed by atoms with Gasteiger partial charge in [-0.3, -0.25) is 9.59 Å². The average Bonchev–Trinajstić information content (AvgIpc) is 3.21. The minimum absolute atomic E-state index is 0.0155. The Morgan fingerprint density at radius 2 is 2.26 bits per heavy atom. The Balaban J connectivity index is 1.75. The predicted octanol–water partition coefficient (Wildman–Crippen LogP) is 2.26. The fourth-order valence-electron chi connectivity index (χ4n) is 2.02. The third-order valence-corrected chi connectivity index (χ3v) is 4.43. The summed E-state index contributed by atoms with van der Waals surface area (Å²) >= 11 is 1.65. The van der Waals surface area contributed by atoms with Crippen LogP contribution in [-0.4, -0.2) is 24.1 Å². The molecule has 2 aliphatic rings. The number of fused-ring (bicyclic) bond motifs is 1. The van der Waals surface area contributed by atoms with Crippen LogP contribution in [0.4, 0.5) is 5.69 Å². The Labute approximate surface area is 116 Å². The number of carbonyl (C=O) groups is 2. The van der Waals surface area contributed by atoms with Crippen LogP contribution in [0, 0.1) is 5.92 Å². The SMILES string of the molecule is O=C1CCSc2ccc(C(=O)NCC3CC3)cc2N1. The van der Waals surface area contributed by atoms with Crippen LogP contribution in [0.3, 0.4) is 0 Å². The van der Waals surface area contributed by atoms with Crippen LogP contribution < -0.4 is 10.6 Å². The highest BCUT2D eigenvalue weighted by Gasteiger charge is 2.22. The maximum absolute atomic E-state index is 12.0. The van der Waals surface area contributed by atoms with Crippen LogP contribution in [0.25, 0.3) is 0 Å². The summed E-state index contributed by atoms with van der Waals surface area (Å²) in [6.45, 7) is 0.761. The molecule has 4 nitrogen and oxygen atoms in total. The van der Waals surface area contributed by atoms with Gasteiger partial charge in [0.2, 0.25) is 5.91 Å². The van der Waals surface area contributed by atoms with Crippen LogP contribution in [0.2, 0.25) is 0 Å². The largest absolute Gasteiger partial charge is 0.352 e. The average molecular weight is 276 g/mol. The van der Waals surface area contributed by atoms with Crippen molar-refractivity contribution in [3.8, 4) is 0 Å². The number of benzene rings is 1. The Morgan fingerprint density at radius 1 is 1.42 bits per heavy atom.